The largest absolute Gasteiger partial charge is 0.350 e. The van der Waals surface area contributed by atoms with Gasteiger partial charge in [-0.15, -0.1) is 0 Å². The minimum absolute atomic E-state index is 0.0270. The lowest BCUT2D eigenvalue weighted by Gasteiger charge is -2.12. The van der Waals surface area contributed by atoms with Crippen molar-refractivity contribution in [1.82, 2.24) is 19.4 Å². The molecule has 27 heavy (non-hydrogen) atoms. The summed E-state index contributed by atoms with van der Waals surface area (Å²) >= 11 is 0. The average molecular weight is 364 g/mol. The molecule has 6 heteroatoms. The Morgan fingerprint density at radius 2 is 2.00 bits per heavy atom. The van der Waals surface area contributed by atoms with E-state index in [2.05, 4.69) is 5.32 Å². The second-order valence-electron chi connectivity index (χ2n) is 7.16. The maximum absolute atomic E-state index is 13.1. The molecule has 0 saturated carbocycles. The van der Waals surface area contributed by atoms with Crippen molar-refractivity contribution >= 4 is 16.9 Å². The number of carbonyl (C=O) groups excluding carboxylic acids is 1. The lowest BCUT2D eigenvalue weighted by atomic mass is 10.2. The number of benzene rings is 1. The van der Waals surface area contributed by atoms with Crippen molar-refractivity contribution < 1.29 is 4.79 Å². The fraction of sp³-hybridized carbons (Fsp3) is 0.381. The molecule has 1 aromatic carbocycles. The molecular formula is C21H24N4O2. The molecule has 0 unspecified atom stereocenters. The van der Waals surface area contributed by atoms with Gasteiger partial charge in [-0.3, -0.25) is 14.2 Å². The molecule has 1 aliphatic heterocycles. The Morgan fingerprint density at radius 1 is 1.19 bits per heavy atom. The van der Waals surface area contributed by atoms with E-state index in [0.717, 1.165) is 42.8 Å². The van der Waals surface area contributed by atoms with Gasteiger partial charge in [-0.2, -0.15) is 0 Å². The minimum Gasteiger partial charge on any atom is -0.350 e. The van der Waals surface area contributed by atoms with E-state index in [9.17, 15) is 9.59 Å². The first-order chi connectivity index (χ1) is 13.1. The molecule has 3 heterocycles. The first-order valence-corrected chi connectivity index (χ1v) is 9.53. The summed E-state index contributed by atoms with van der Waals surface area (Å²) in [6.07, 6.45) is 4.03. The van der Waals surface area contributed by atoms with Gasteiger partial charge in [0.05, 0.1) is 5.52 Å². The zero-order valence-electron chi connectivity index (χ0n) is 15.6. The zero-order chi connectivity index (χ0) is 18.8. The standard InChI is InChI=1S/C21H24N4O2/c1-15-12-17-20(21(27)24-11-7-3-6-10-18(24)23-17)25(15)14-19(26)22-13-16-8-4-2-5-9-16/h2,4-5,8-9,12H,3,6-7,10-11,13-14H2,1H3,(H,22,26). The topological polar surface area (TPSA) is 68.9 Å². The van der Waals surface area contributed by atoms with E-state index in [0.29, 0.717) is 24.1 Å². The number of hydrogen-bond acceptors (Lipinski definition) is 3. The highest BCUT2D eigenvalue weighted by atomic mass is 16.2. The number of aromatic nitrogens is 3. The van der Waals surface area contributed by atoms with Crippen LogP contribution >= 0.6 is 0 Å². The molecule has 140 valence electrons. The van der Waals surface area contributed by atoms with Crippen molar-refractivity contribution in [2.24, 2.45) is 0 Å². The number of rotatable bonds is 4. The van der Waals surface area contributed by atoms with Crippen LogP contribution < -0.4 is 10.9 Å². The molecule has 0 bridgehead atoms. The predicted molar refractivity (Wildman–Crippen MR) is 105 cm³/mol. The summed E-state index contributed by atoms with van der Waals surface area (Å²) in [6.45, 7) is 3.23. The third-order valence-corrected chi connectivity index (χ3v) is 5.21. The molecule has 1 aliphatic rings. The molecule has 3 aromatic rings. The van der Waals surface area contributed by atoms with Crippen LogP contribution in [0.15, 0.2) is 41.2 Å². The molecule has 0 saturated heterocycles. The molecule has 4 rings (SSSR count). The van der Waals surface area contributed by atoms with E-state index in [1.807, 2.05) is 43.3 Å². The normalized spacial score (nSPS) is 14.0. The highest BCUT2D eigenvalue weighted by molar-refractivity contribution is 5.81. The first-order valence-electron chi connectivity index (χ1n) is 9.53. The van der Waals surface area contributed by atoms with Gasteiger partial charge in [0.2, 0.25) is 5.91 Å². The number of fused-ring (bicyclic) bond motifs is 2. The Labute approximate surface area is 157 Å². The van der Waals surface area contributed by atoms with Gasteiger partial charge in [0.1, 0.15) is 17.9 Å². The smallest absolute Gasteiger partial charge is 0.278 e. The van der Waals surface area contributed by atoms with E-state index < -0.39 is 0 Å². The van der Waals surface area contributed by atoms with Crippen LogP contribution in [0.1, 0.15) is 36.3 Å². The highest BCUT2D eigenvalue weighted by Gasteiger charge is 2.19. The highest BCUT2D eigenvalue weighted by Crippen LogP contribution is 2.18. The van der Waals surface area contributed by atoms with Crippen LogP contribution in [0.3, 0.4) is 0 Å². The van der Waals surface area contributed by atoms with Crippen LogP contribution in [-0.4, -0.2) is 20.0 Å². The molecule has 0 radical (unpaired) electrons. The Kier molecular flexibility index (Phi) is 4.79. The molecule has 0 aliphatic carbocycles. The minimum atomic E-state index is -0.112. The maximum Gasteiger partial charge on any atom is 0.278 e. The van der Waals surface area contributed by atoms with Gasteiger partial charge in [0.25, 0.3) is 5.56 Å². The van der Waals surface area contributed by atoms with Gasteiger partial charge in [-0.25, -0.2) is 4.98 Å². The Balaban J connectivity index is 1.61. The van der Waals surface area contributed by atoms with Gasteiger partial charge in [0.15, 0.2) is 0 Å². The van der Waals surface area contributed by atoms with Gasteiger partial charge in [-0.05, 0) is 31.4 Å². The van der Waals surface area contributed by atoms with E-state index >= 15 is 0 Å². The van der Waals surface area contributed by atoms with Crippen LogP contribution in [0, 0.1) is 6.92 Å². The molecule has 6 nitrogen and oxygen atoms in total. The van der Waals surface area contributed by atoms with Crippen molar-refractivity contribution in [3.05, 3.63) is 63.8 Å². The lowest BCUT2D eigenvalue weighted by Crippen LogP contribution is -2.30. The number of nitrogens with one attached hydrogen (secondary N) is 1. The number of nitrogens with zero attached hydrogens (tertiary/aromatic N) is 3. The number of aryl methyl sites for hydroxylation is 2. The average Bonchev–Trinajstić information content (AvgIpc) is 2.84. The van der Waals surface area contributed by atoms with Crippen LogP contribution in [0.5, 0.6) is 0 Å². The molecule has 0 spiro atoms. The van der Waals surface area contributed by atoms with Crippen LogP contribution in [-0.2, 0) is 30.8 Å². The molecule has 2 aromatic heterocycles. The molecular weight excluding hydrogens is 340 g/mol. The molecule has 1 amide bonds. The number of amides is 1. The second kappa shape index (κ2) is 7.39. The second-order valence-corrected chi connectivity index (χ2v) is 7.16. The monoisotopic (exact) mass is 364 g/mol. The first kappa shape index (κ1) is 17.5. The number of carbonyl (C=O) groups is 1. The summed E-state index contributed by atoms with van der Waals surface area (Å²) in [5, 5.41) is 2.93. The summed E-state index contributed by atoms with van der Waals surface area (Å²) in [4.78, 5) is 30.3. The quantitative estimate of drug-likeness (QED) is 0.773. The SMILES string of the molecule is Cc1cc2nc3n(c(=O)c2n1CC(=O)NCc1ccccc1)CCCCC3. The van der Waals surface area contributed by atoms with Crippen LogP contribution in [0.4, 0.5) is 0 Å². The van der Waals surface area contributed by atoms with Gasteiger partial charge < -0.3 is 9.88 Å². The van der Waals surface area contributed by atoms with Crippen molar-refractivity contribution in [1.29, 1.82) is 0 Å². The third kappa shape index (κ3) is 3.52. The van der Waals surface area contributed by atoms with Crippen molar-refractivity contribution in [3.63, 3.8) is 0 Å². The van der Waals surface area contributed by atoms with Crippen molar-refractivity contribution in [2.75, 3.05) is 0 Å². The predicted octanol–water partition coefficient (Wildman–Crippen LogP) is 2.55. The molecule has 0 atom stereocenters. The summed E-state index contributed by atoms with van der Waals surface area (Å²) in [5.41, 5.74) is 3.13. The maximum atomic E-state index is 13.1. The number of hydrogen-bond donors (Lipinski definition) is 1. The van der Waals surface area contributed by atoms with E-state index in [-0.39, 0.29) is 18.0 Å². The van der Waals surface area contributed by atoms with Crippen molar-refractivity contribution in [2.45, 2.75) is 52.2 Å². The van der Waals surface area contributed by atoms with E-state index in [1.165, 1.54) is 0 Å². The fourth-order valence-corrected chi connectivity index (χ4v) is 3.76. The molecule has 1 N–H and O–H groups in total. The van der Waals surface area contributed by atoms with Gasteiger partial charge >= 0.3 is 0 Å². The van der Waals surface area contributed by atoms with Crippen molar-refractivity contribution in [3.8, 4) is 0 Å². The van der Waals surface area contributed by atoms with E-state index in [1.54, 1.807) is 9.13 Å². The van der Waals surface area contributed by atoms with Gasteiger partial charge in [0, 0.05) is 25.2 Å². The Morgan fingerprint density at radius 3 is 2.81 bits per heavy atom. The lowest BCUT2D eigenvalue weighted by molar-refractivity contribution is -0.121. The van der Waals surface area contributed by atoms with Gasteiger partial charge in [-0.1, -0.05) is 36.8 Å². The third-order valence-electron chi connectivity index (χ3n) is 5.21. The van der Waals surface area contributed by atoms with Crippen LogP contribution in [0.25, 0.3) is 11.0 Å². The molecule has 0 fully saturated rings. The summed E-state index contributed by atoms with van der Waals surface area (Å²) in [6, 6.07) is 11.7. The summed E-state index contributed by atoms with van der Waals surface area (Å²) in [7, 11) is 0. The Hall–Kier alpha value is -2.89. The fourth-order valence-electron chi connectivity index (χ4n) is 3.76. The Bertz CT molecular complexity index is 1030. The van der Waals surface area contributed by atoms with Crippen LogP contribution in [0.2, 0.25) is 0 Å². The zero-order valence-corrected chi connectivity index (χ0v) is 15.6. The summed E-state index contributed by atoms with van der Waals surface area (Å²) < 4.78 is 3.59. The van der Waals surface area contributed by atoms with E-state index in [4.69, 9.17) is 4.98 Å². The summed E-state index contributed by atoms with van der Waals surface area (Å²) in [5.74, 6) is 0.759.